The van der Waals surface area contributed by atoms with Crippen LogP contribution >= 0.6 is 7.60 Å². The predicted octanol–water partition coefficient (Wildman–Crippen LogP) is 4.30. The monoisotopic (exact) mass is 1010 g/mol. The van der Waals surface area contributed by atoms with Crippen LogP contribution in [-0.2, 0) is 38.2 Å². The Balaban J connectivity index is 1.18. The zero-order chi connectivity index (χ0) is 51.3. The van der Waals surface area contributed by atoms with Crippen LogP contribution in [0.5, 0.6) is 11.5 Å². The lowest BCUT2D eigenvalue weighted by atomic mass is 9.80. The average Bonchev–Trinajstić information content (AvgIpc) is 3.97. The molecule has 72 heavy (non-hydrogen) atoms. The predicted molar refractivity (Wildman–Crippen MR) is 260 cm³/mol. The molecule has 1 unspecified atom stereocenters. The van der Waals surface area contributed by atoms with Crippen LogP contribution in [0.15, 0.2) is 141 Å². The number of benzene rings is 4. The number of nitrogens with two attached hydrogens (primary N) is 1. The topological polar surface area (TPSA) is 261 Å². The molecule has 0 aliphatic carbocycles. The Bertz CT molecular complexity index is 3150. The van der Waals surface area contributed by atoms with Gasteiger partial charge >= 0.3 is 19.0 Å². The number of hydrogen-bond donors (Lipinski definition) is 3. The third-order valence-corrected chi connectivity index (χ3v) is 14.6. The van der Waals surface area contributed by atoms with Crippen LogP contribution < -0.4 is 37.7 Å². The van der Waals surface area contributed by atoms with E-state index in [9.17, 15) is 33.9 Å². The molecule has 7 atom stereocenters. The first-order valence-corrected chi connectivity index (χ1v) is 24.7. The largest absolute Gasteiger partial charge is 0.497 e. The second-order valence-electron chi connectivity index (χ2n) is 17.4. The van der Waals surface area contributed by atoms with E-state index in [1.165, 1.54) is 38.4 Å². The highest BCUT2D eigenvalue weighted by atomic mass is 31.2. The number of methoxy groups -OCH3 is 2. The number of carbonyl (C=O) groups excluding carboxylic acids is 2. The van der Waals surface area contributed by atoms with Gasteiger partial charge in [0, 0.05) is 48.3 Å². The van der Waals surface area contributed by atoms with Gasteiger partial charge in [0.05, 0.1) is 45.8 Å². The third kappa shape index (κ3) is 10.8. The number of H-pyrrole nitrogens is 1. The molecule has 4 N–H and O–H groups in total. The molecule has 2 aromatic heterocycles. The lowest BCUT2D eigenvalue weighted by Gasteiger charge is -2.37. The quantitative estimate of drug-likeness (QED) is 0.0755. The summed E-state index contributed by atoms with van der Waals surface area (Å²) in [5, 5.41) is 11.1. The summed E-state index contributed by atoms with van der Waals surface area (Å²) in [6.45, 7) is 2.06. The van der Waals surface area contributed by atoms with Gasteiger partial charge in [-0.2, -0.15) is 4.57 Å². The second-order valence-corrected chi connectivity index (χ2v) is 19.5. The Morgan fingerprint density at radius 2 is 1.31 bits per heavy atom. The van der Waals surface area contributed by atoms with Gasteiger partial charge in [-0.25, -0.2) is 9.59 Å². The van der Waals surface area contributed by atoms with Crippen molar-refractivity contribution in [3.63, 3.8) is 0 Å². The van der Waals surface area contributed by atoms with Gasteiger partial charge < -0.3 is 43.6 Å². The van der Waals surface area contributed by atoms with Gasteiger partial charge in [-0.3, -0.25) is 37.9 Å². The van der Waals surface area contributed by atoms with Crippen molar-refractivity contribution in [1.82, 2.24) is 18.7 Å². The fourth-order valence-electron chi connectivity index (χ4n) is 8.83. The van der Waals surface area contributed by atoms with Crippen LogP contribution in [0.4, 0.5) is 0 Å². The molecule has 2 fully saturated rings. The molecule has 378 valence electrons. The molecule has 2 aliphatic heterocycles. The molecule has 20 nitrogen and oxygen atoms in total. The molecular formula is C51H54N5O15P. The molecular weight excluding hydrogens is 954 g/mol. The van der Waals surface area contributed by atoms with Gasteiger partial charge in [0.25, 0.3) is 17.0 Å². The summed E-state index contributed by atoms with van der Waals surface area (Å²) in [6.07, 6.45) is -5.97. The van der Waals surface area contributed by atoms with Crippen molar-refractivity contribution in [2.45, 2.75) is 75.6 Å². The number of aryl methyl sites for hydroxylation is 2. The van der Waals surface area contributed by atoms with Gasteiger partial charge in [0.15, 0.2) is 0 Å². The van der Waals surface area contributed by atoms with E-state index in [1.807, 2.05) is 54.6 Å². The fraction of sp³-hybridized carbons (Fsp3) is 0.333. The number of rotatable bonds is 19. The summed E-state index contributed by atoms with van der Waals surface area (Å²) in [5.74, 6) is -0.538. The summed E-state index contributed by atoms with van der Waals surface area (Å²) >= 11 is 0. The number of nitrogens with zero attached hydrogens (tertiary/aromatic N) is 3. The van der Waals surface area contributed by atoms with Crippen molar-refractivity contribution in [3.8, 4) is 11.5 Å². The Labute approximate surface area is 412 Å². The highest BCUT2D eigenvalue weighted by Crippen LogP contribution is 2.53. The van der Waals surface area contributed by atoms with Crippen molar-refractivity contribution >= 4 is 19.4 Å². The minimum atomic E-state index is -4.49. The number of amides is 1. The highest BCUT2D eigenvalue weighted by molar-refractivity contribution is 7.53. The van der Waals surface area contributed by atoms with E-state index in [-0.39, 0.29) is 36.1 Å². The van der Waals surface area contributed by atoms with E-state index in [0.717, 1.165) is 9.13 Å². The molecule has 0 radical (unpaired) electrons. The lowest BCUT2D eigenvalue weighted by Crippen LogP contribution is -2.45. The number of aliphatic hydroxyl groups is 1. The summed E-state index contributed by atoms with van der Waals surface area (Å²) in [5.41, 5.74) is 3.29. The first kappa shape index (κ1) is 51.3. The third-order valence-electron chi connectivity index (χ3n) is 12.7. The van der Waals surface area contributed by atoms with Gasteiger partial charge in [0.1, 0.15) is 41.8 Å². The van der Waals surface area contributed by atoms with Gasteiger partial charge in [-0.05, 0) is 66.9 Å². The van der Waals surface area contributed by atoms with E-state index in [2.05, 4.69) is 4.98 Å². The number of nitrogens with one attached hydrogen (secondary N) is 1. The van der Waals surface area contributed by atoms with Gasteiger partial charge in [-0.15, -0.1) is 0 Å². The molecule has 1 amide bonds. The summed E-state index contributed by atoms with van der Waals surface area (Å²) in [6, 6.07) is 31.7. The van der Waals surface area contributed by atoms with Crippen molar-refractivity contribution in [2.75, 3.05) is 33.6 Å². The van der Waals surface area contributed by atoms with Crippen LogP contribution in [0, 0.1) is 13.8 Å². The van der Waals surface area contributed by atoms with E-state index in [0.29, 0.717) is 32.8 Å². The van der Waals surface area contributed by atoms with Crippen LogP contribution in [0.25, 0.3) is 0 Å². The Kier molecular flexibility index (Phi) is 15.5. The highest BCUT2D eigenvalue weighted by Gasteiger charge is 2.47. The maximum absolute atomic E-state index is 15.1. The molecule has 4 aromatic carbocycles. The van der Waals surface area contributed by atoms with Crippen LogP contribution in [0.3, 0.4) is 0 Å². The van der Waals surface area contributed by atoms with Crippen molar-refractivity contribution in [2.24, 2.45) is 5.73 Å². The van der Waals surface area contributed by atoms with E-state index in [1.54, 1.807) is 56.7 Å². The van der Waals surface area contributed by atoms with Gasteiger partial charge in [0.2, 0.25) is 5.91 Å². The second kappa shape index (κ2) is 21.8. The number of aromatic amines is 1. The standard InChI is InChI=1S/C51H54N5O15P/c1-31-27-54(49(62)53-46(31)59)44-25-39(57)41(69-44)30-68-72(64,24-23-43(52)58)71-40-26-45(55-28-32(2)47(60)56(50(55)63)48(61)33-11-7-5-8-12-33)70-42(40)29-67-51(34-13-9-6-10-14-34,35-15-19-37(65-3)20-16-35)36-17-21-38(66-4)22-18-36/h5-22,27-28,39-42,44-45,57H,23-26,29-30H2,1-4H3,(H2,52,58)(H,53,59,62)/t39-,40-,41+,42+,44+,45+,72?/m0/s1. The van der Waals surface area contributed by atoms with E-state index in [4.69, 9.17) is 38.5 Å². The number of hydrogen-bond acceptors (Lipinski definition) is 15. The minimum Gasteiger partial charge on any atom is -0.497 e. The van der Waals surface area contributed by atoms with Crippen molar-refractivity contribution in [3.05, 3.63) is 197 Å². The molecule has 2 aliphatic rings. The zero-order valence-electron chi connectivity index (χ0n) is 39.8. The molecule has 0 saturated carbocycles. The molecule has 0 bridgehead atoms. The molecule has 21 heteroatoms. The normalized spacial score (nSPS) is 20.7. The Morgan fingerprint density at radius 3 is 1.90 bits per heavy atom. The maximum atomic E-state index is 15.1. The number of primary amides is 1. The summed E-state index contributed by atoms with van der Waals surface area (Å²) < 4.78 is 61.2. The number of aromatic nitrogens is 4. The first-order valence-electron chi connectivity index (χ1n) is 23.0. The maximum Gasteiger partial charge on any atom is 0.340 e. The van der Waals surface area contributed by atoms with E-state index < -0.39 is 104 Å². The molecule has 4 heterocycles. The van der Waals surface area contributed by atoms with Crippen molar-refractivity contribution < 1.29 is 52.0 Å². The number of aliphatic hydroxyl groups excluding tert-OH is 1. The first-order chi connectivity index (χ1) is 34.5. The Morgan fingerprint density at radius 1 is 0.750 bits per heavy atom. The smallest absolute Gasteiger partial charge is 0.340 e. The minimum absolute atomic E-state index is 0.0323. The Hall–Kier alpha value is -7.03. The van der Waals surface area contributed by atoms with E-state index >= 15 is 4.57 Å². The summed E-state index contributed by atoms with van der Waals surface area (Å²) in [4.78, 5) is 81.0. The fourth-order valence-corrected chi connectivity index (χ4v) is 10.6. The lowest BCUT2D eigenvalue weighted by molar-refractivity contribution is -0.117. The van der Waals surface area contributed by atoms with Crippen LogP contribution in [-0.4, -0.2) is 93.6 Å². The molecule has 0 spiro atoms. The summed E-state index contributed by atoms with van der Waals surface area (Å²) in [7, 11) is -1.39. The molecule has 6 aromatic rings. The van der Waals surface area contributed by atoms with Crippen LogP contribution in [0.2, 0.25) is 0 Å². The average molecular weight is 1010 g/mol. The van der Waals surface area contributed by atoms with Crippen LogP contribution in [0.1, 0.15) is 69.9 Å². The number of carbonyl (C=O) groups is 2. The van der Waals surface area contributed by atoms with Gasteiger partial charge in [-0.1, -0.05) is 72.8 Å². The molecule has 8 rings (SSSR count). The SMILES string of the molecule is COc1ccc(C(OC[C@H]2O[C@@H](n3cc(C)c(=O)n(C(=O)c4ccccc4)c3=O)C[C@@H]2OP(=O)(CCC(N)=O)OC[C@H]2O[C@@H](n3cc(C)c(=O)[nH]c3=O)C[C@@H]2O)(c2ccccc2)c2ccc(OC)cc2)cc1. The number of ether oxygens (including phenoxy) is 5. The molecule has 2 saturated heterocycles. The zero-order valence-corrected chi connectivity index (χ0v) is 40.7. The van der Waals surface area contributed by atoms with Crippen molar-refractivity contribution in [1.29, 1.82) is 0 Å².